The summed E-state index contributed by atoms with van der Waals surface area (Å²) < 4.78 is 2.37. The minimum Gasteiger partial charge on any atom is -0.382 e. The van der Waals surface area contributed by atoms with E-state index in [1.807, 2.05) is 43.3 Å². The third kappa shape index (κ3) is 2.83. The summed E-state index contributed by atoms with van der Waals surface area (Å²) in [7, 11) is 0. The second-order valence-electron chi connectivity index (χ2n) is 5.44. The Morgan fingerprint density at radius 3 is 2.76 bits per heavy atom. The Kier molecular flexibility index (Phi) is 3.66. The van der Waals surface area contributed by atoms with Gasteiger partial charge in [-0.3, -0.25) is 9.89 Å². The molecular formula is C17H14N6OS. The molecule has 2 heterocycles. The normalized spacial score (nSPS) is 11.6. The minimum absolute atomic E-state index is 0.0874. The van der Waals surface area contributed by atoms with Crippen molar-refractivity contribution >= 4 is 38.7 Å². The van der Waals surface area contributed by atoms with E-state index in [1.165, 1.54) is 4.68 Å². The highest BCUT2D eigenvalue weighted by Crippen LogP contribution is 2.27. The second-order valence-corrected chi connectivity index (χ2v) is 6.67. The van der Waals surface area contributed by atoms with Crippen molar-refractivity contribution in [2.75, 3.05) is 5.73 Å². The van der Waals surface area contributed by atoms with E-state index >= 15 is 0 Å². The van der Waals surface area contributed by atoms with Crippen LogP contribution in [0, 0.1) is 6.92 Å². The topological polar surface area (TPSA) is 101 Å². The zero-order valence-corrected chi connectivity index (χ0v) is 14.1. The van der Waals surface area contributed by atoms with Crippen LogP contribution in [0.5, 0.6) is 0 Å². The summed E-state index contributed by atoms with van der Waals surface area (Å²) in [6.45, 7) is 1.96. The van der Waals surface area contributed by atoms with Gasteiger partial charge in [-0.2, -0.15) is 5.11 Å². The lowest BCUT2D eigenvalue weighted by molar-refractivity contribution is 0.853. The summed E-state index contributed by atoms with van der Waals surface area (Å²) in [5.74, 6) is 0.173. The molecule has 0 aliphatic carbocycles. The number of hydrogen-bond donors (Lipinski definition) is 2. The van der Waals surface area contributed by atoms with Gasteiger partial charge in [0.05, 0.1) is 26.6 Å². The van der Waals surface area contributed by atoms with E-state index in [-0.39, 0.29) is 17.1 Å². The van der Waals surface area contributed by atoms with Gasteiger partial charge in [-0.1, -0.05) is 18.2 Å². The SMILES string of the molecule is Cc1nc2ccc(N=Nc3c(N)[nH]n(-c4ccccc4)c3=O)cc2s1. The summed E-state index contributed by atoms with van der Waals surface area (Å²) in [4.78, 5) is 16.9. The lowest BCUT2D eigenvalue weighted by Crippen LogP contribution is -2.13. The molecular weight excluding hydrogens is 336 g/mol. The molecule has 0 atom stereocenters. The van der Waals surface area contributed by atoms with Gasteiger partial charge in [0.1, 0.15) is 5.82 Å². The molecule has 124 valence electrons. The van der Waals surface area contributed by atoms with E-state index in [0.29, 0.717) is 11.4 Å². The van der Waals surface area contributed by atoms with Crippen molar-refractivity contribution < 1.29 is 0 Å². The van der Waals surface area contributed by atoms with Crippen molar-refractivity contribution in [2.45, 2.75) is 6.92 Å². The molecule has 0 fully saturated rings. The van der Waals surface area contributed by atoms with Crippen molar-refractivity contribution in [3.05, 3.63) is 63.9 Å². The molecule has 0 radical (unpaired) electrons. The largest absolute Gasteiger partial charge is 0.382 e. The lowest BCUT2D eigenvalue weighted by Gasteiger charge is -1.98. The Labute approximate surface area is 146 Å². The number of aromatic amines is 1. The number of H-pyrrole nitrogens is 1. The van der Waals surface area contributed by atoms with Crippen LogP contribution in [0.2, 0.25) is 0 Å². The fourth-order valence-corrected chi connectivity index (χ4v) is 3.36. The molecule has 8 heteroatoms. The van der Waals surface area contributed by atoms with Gasteiger partial charge in [0.2, 0.25) is 0 Å². The van der Waals surface area contributed by atoms with Gasteiger partial charge in [-0.15, -0.1) is 16.5 Å². The molecule has 0 aliphatic rings. The number of nitrogens with one attached hydrogen (secondary N) is 1. The lowest BCUT2D eigenvalue weighted by atomic mass is 10.3. The number of aromatic nitrogens is 3. The van der Waals surface area contributed by atoms with E-state index in [0.717, 1.165) is 15.2 Å². The monoisotopic (exact) mass is 350 g/mol. The number of nitrogens with zero attached hydrogens (tertiary/aromatic N) is 4. The van der Waals surface area contributed by atoms with Crippen LogP contribution >= 0.6 is 11.3 Å². The van der Waals surface area contributed by atoms with E-state index in [2.05, 4.69) is 20.3 Å². The number of anilines is 1. The van der Waals surface area contributed by atoms with Crippen molar-refractivity contribution in [2.24, 2.45) is 10.2 Å². The fourth-order valence-electron chi connectivity index (χ4n) is 2.50. The van der Waals surface area contributed by atoms with Crippen LogP contribution in [-0.4, -0.2) is 14.8 Å². The zero-order valence-electron chi connectivity index (χ0n) is 13.3. The molecule has 3 N–H and O–H groups in total. The maximum Gasteiger partial charge on any atom is 0.301 e. The molecule has 4 aromatic rings. The van der Waals surface area contributed by atoms with Crippen LogP contribution in [-0.2, 0) is 0 Å². The number of benzene rings is 2. The van der Waals surface area contributed by atoms with Crippen LogP contribution in [0.15, 0.2) is 63.6 Å². The molecule has 4 rings (SSSR count). The number of fused-ring (bicyclic) bond motifs is 1. The van der Waals surface area contributed by atoms with Crippen LogP contribution < -0.4 is 11.3 Å². The Hall–Kier alpha value is -3.26. The first-order chi connectivity index (χ1) is 12.1. The molecule has 0 saturated heterocycles. The first-order valence-electron chi connectivity index (χ1n) is 7.57. The third-order valence-electron chi connectivity index (χ3n) is 3.65. The fraction of sp³-hybridized carbons (Fsp3) is 0.0588. The van der Waals surface area contributed by atoms with Gasteiger partial charge in [0.25, 0.3) is 0 Å². The zero-order chi connectivity index (χ0) is 17.4. The molecule has 0 bridgehead atoms. The van der Waals surface area contributed by atoms with Gasteiger partial charge >= 0.3 is 5.56 Å². The predicted molar refractivity (Wildman–Crippen MR) is 99.3 cm³/mol. The average Bonchev–Trinajstić information content (AvgIpc) is 3.12. The van der Waals surface area contributed by atoms with Crippen molar-refractivity contribution in [1.29, 1.82) is 0 Å². The molecule has 7 nitrogen and oxygen atoms in total. The number of thiazole rings is 1. The molecule has 0 unspecified atom stereocenters. The van der Waals surface area contributed by atoms with Gasteiger partial charge in [0.15, 0.2) is 5.69 Å². The van der Waals surface area contributed by atoms with Crippen LogP contribution in [0.1, 0.15) is 5.01 Å². The van der Waals surface area contributed by atoms with E-state index in [9.17, 15) is 4.79 Å². The van der Waals surface area contributed by atoms with Crippen molar-refractivity contribution in [3.8, 4) is 5.69 Å². The molecule has 0 amide bonds. The van der Waals surface area contributed by atoms with Crippen LogP contribution in [0.4, 0.5) is 17.2 Å². The van der Waals surface area contributed by atoms with Gasteiger partial charge < -0.3 is 5.73 Å². The number of azo groups is 1. The highest BCUT2D eigenvalue weighted by molar-refractivity contribution is 7.18. The third-order valence-corrected chi connectivity index (χ3v) is 4.59. The molecule has 2 aromatic carbocycles. The molecule has 0 saturated carbocycles. The Morgan fingerprint density at radius 1 is 1.16 bits per heavy atom. The van der Waals surface area contributed by atoms with Gasteiger partial charge in [-0.05, 0) is 37.3 Å². The Bertz CT molecular complexity index is 1140. The van der Waals surface area contributed by atoms with E-state index in [1.54, 1.807) is 23.5 Å². The van der Waals surface area contributed by atoms with Gasteiger partial charge in [-0.25, -0.2) is 9.67 Å². The summed E-state index contributed by atoms with van der Waals surface area (Å²) in [5, 5.41) is 12.0. The Balaban J connectivity index is 1.71. The number of nitrogens with two attached hydrogens (primary N) is 1. The Morgan fingerprint density at radius 2 is 1.96 bits per heavy atom. The maximum absolute atomic E-state index is 12.5. The minimum atomic E-state index is -0.345. The number of rotatable bonds is 3. The highest BCUT2D eigenvalue weighted by Gasteiger charge is 2.12. The summed E-state index contributed by atoms with van der Waals surface area (Å²) in [5.41, 5.74) is 7.89. The summed E-state index contributed by atoms with van der Waals surface area (Å²) in [6.07, 6.45) is 0. The van der Waals surface area contributed by atoms with Crippen molar-refractivity contribution in [3.63, 3.8) is 0 Å². The van der Waals surface area contributed by atoms with Gasteiger partial charge in [0, 0.05) is 0 Å². The number of nitrogen functional groups attached to an aromatic ring is 1. The van der Waals surface area contributed by atoms with E-state index < -0.39 is 0 Å². The molecule has 25 heavy (non-hydrogen) atoms. The average molecular weight is 350 g/mol. The maximum atomic E-state index is 12.5. The first-order valence-corrected chi connectivity index (χ1v) is 8.38. The molecule has 0 aliphatic heterocycles. The van der Waals surface area contributed by atoms with Crippen molar-refractivity contribution in [1.82, 2.24) is 14.8 Å². The smallest absolute Gasteiger partial charge is 0.301 e. The first kappa shape index (κ1) is 15.3. The predicted octanol–water partition coefficient (Wildman–Crippen LogP) is 4.08. The molecule has 0 spiro atoms. The second kappa shape index (κ2) is 5.99. The highest BCUT2D eigenvalue weighted by atomic mass is 32.1. The number of hydrogen-bond acceptors (Lipinski definition) is 6. The van der Waals surface area contributed by atoms with Crippen LogP contribution in [0.25, 0.3) is 15.9 Å². The number of aryl methyl sites for hydroxylation is 1. The summed E-state index contributed by atoms with van der Waals surface area (Å²) in [6, 6.07) is 14.7. The quantitative estimate of drug-likeness (QED) is 0.544. The standard InChI is InChI=1S/C17H14N6OS/c1-10-19-13-8-7-11(9-14(13)25-10)20-21-15-16(18)22-23(17(15)24)12-5-3-2-4-6-12/h2-9,22H,18H2,1H3. The molecule has 2 aromatic heterocycles. The number of para-hydroxylation sites is 1. The van der Waals surface area contributed by atoms with Crippen LogP contribution in [0.3, 0.4) is 0 Å². The van der Waals surface area contributed by atoms with E-state index in [4.69, 9.17) is 5.73 Å². The summed E-state index contributed by atoms with van der Waals surface area (Å²) >= 11 is 1.59.